The Morgan fingerprint density at radius 3 is 2.69 bits per heavy atom. The molecule has 0 spiro atoms. The maximum atomic E-state index is 5.38. The van der Waals surface area contributed by atoms with Gasteiger partial charge in [-0.3, -0.25) is 4.99 Å². The molecule has 1 saturated heterocycles. The van der Waals surface area contributed by atoms with E-state index in [-0.39, 0.29) is 0 Å². The van der Waals surface area contributed by atoms with Crippen LogP contribution in [0.15, 0.2) is 52.5 Å². The van der Waals surface area contributed by atoms with Gasteiger partial charge in [-0.05, 0) is 38.2 Å². The summed E-state index contributed by atoms with van der Waals surface area (Å²) in [5, 5.41) is 3.47. The Bertz CT molecular complexity index is 639. The molecule has 2 aliphatic rings. The number of aliphatic imine (C=N–C) groups is 1. The van der Waals surface area contributed by atoms with Crippen LogP contribution in [0.3, 0.4) is 0 Å². The second-order valence-electron chi connectivity index (χ2n) is 6.87. The van der Waals surface area contributed by atoms with Gasteiger partial charge in [-0.1, -0.05) is 53.6 Å². The summed E-state index contributed by atoms with van der Waals surface area (Å²) in [5.41, 5.74) is 4.33. The number of hydrogen-bond acceptors (Lipinski definition) is 2. The van der Waals surface area contributed by atoms with Crippen molar-refractivity contribution in [3.05, 3.63) is 53.1 Å². The van der Waals surface area contributed by atoms with E-state index in [0.717, 1.165) is 71.0 Å². The fraction of sp³-hybridized carbons (Fsp3) is 0.500. The van der Waals surface area contributed by atoms with Gasteiger partial charge in [-0.2, -0.15) is 0 Å². The van der Waals surface area contributed by atoms with Crippen LogP contribution in [0.5, 0.6) is 0 Å². The first-order chi connectivity index (χ1) is 12.8. The van der Waals surface area contributed by atoms with Crippen molar-refractivity contribution in [2.24, 2.45) is 4.99 Å². The second-order valence-corrected chi connectivity index (χ2v) is 6.87. The number of rotatable bonds is 5. The van der Waals surface area contributed by atoms with Crippen LogP contribution in [-0.2, 0) is 4.74 Å². The van der Waals surface area contributed by atoms with Crippen molar-refractivity contribution in [2.45, 2.75) is 32.6 Å². The third-order valence-electron chi connectivity index (χ3n) is 4.96. The van der Waals surface area contributed by atoms with Gasteiger partial charge < -0.3 is 15.0 Å². The van der Waals surface area contributed by atoms with Crippen LogP contribution < -0.4 is 5.32 Å². The lowest BCUT2D eigenvalue weighted by Gasteiger charge is -2.31. The van der Waals surface area contributed by atoms with Crippen LogP contribution in [0.25, 0.3) is 6.08 Å². The van der Waals surface area contributed by atoms with Crippen LogP contribution in [0.1, 0.15) is 38.2 Å². The lowest BCUT2D eigenvalue weighted by atomic mass is 10.0. The standard InChI is InChI=1S/C22H31N3O/c1-2-23-22(24-13-8-19-11-16-26-17-12-19)25-14-9-21(10-15-25)18-20-6-4-3-5-7-20/h3-7,11,18H,2,8-10,12-17H2,1H3,(H,23,24). The van der Waals surface area contributed by atoms with Crippen molar-refractivity contribution in [3.8, 4) is 0 Å². The Kier molecular flexibility index (Phi) is 7.32. The first kappa shape index (κ1) is 18.7. The molecule has 0 aliphatic carbocycles. The minimum Gasteiger partial charge on any atom is -0.377 e. The minimum atomic E-state index is 0.766. The van der Waals surface area contributed by atoms with Gasteiger partial charge in [-0.15, -0.1) is 0 Å². The maximum absolute atomic E-state index is 5.38. The first-order valence-corrected chi connectivity index (χ1v) is 9.88. The molecule has 1 N–H and O–H groups in total. The van der Waals surface area contributed by atoms with Gasteiger partial charge in [0.2, 0.25) is 0 Å². The molecule has 1 fully saturated rings. The van der Waals surface area contributed by atoms with Gasteiger partial charge >= 0.3 is 0 Å². The molecule has 3 rings (SSSR count). The molecule has 0 unspecified atom stereocenters. The van der Waals surface area contributed by atoms with E-state index in [4.69, 9.17) is 9.73 Å². The smallest absolute Gasteiger partial charge is 0.193 e. The zero-order valence-corrected chi connectivity index (χ0v) is 15.9. The molecular formula is C22H31N3O. The summed E-state index contributed by atoms with van der Waals surface area (Å²) in [6.45, 7) is 7.62. The molecule has 0 aromatic heterocycles. The molecule has 2 heterocycles. The monoisotopic (exact) mass is 353 g/mol. The number of nitrogens with zero attached hydrogens (tertiary/aromatic N) is 2. The molecule has 1 aromatic carbocycles. The van der Waals surface area contributed by atoms with Crippen molar-refractivity contribution in [1.29, 1.82) is 0 Å². The van der Waals surface area contributed by atoms with E-state index < -0.39 is 0 Å². The van der Waals surface area contributed by atoms with Crippen LogP contribution in [-0.4, -0.2) is 50.3 Å². The normalized spacial score (nSPS) is 18.5. The van der Waals surface area contributed by atoms with Crippen molar-refractivity contribution < 1.29 is 4.74 Å². The Hall–Kier alpha value is -2.07. The van der Waals surface area contributed by atoms with E-state index >= 15 is 0 Å². The fourth-order valence-electron chi connectivity index (χ4n) is 3.46. The maximum Gasteiger partial charge on any atom is 0.193 e. The van der Waals surface area contributed by atoms with Gasteiger partial charge in [-0.25, -0.2) is 0 Å². The summed E-state index contributed by atoms with van der Waals surface area (Å²) >= 11 is 0. The Labute approximate surface area is 157 Å². The number of hydrogen-bond donors (Lipinski definition) is 1. The van der Waals surface area contributed by atoms with E-state index in [1.807, 2.05) is 0 Å². The van der Waals surface area contributed by atoms with E-state index in [1.54, 1.807) is 0 Å². The van der Waals surface area contributed by atoms with Crippen LogP contribution in [0, 0.1) is 0 Å². The predicted molar refractivity (Wildman–Crippen MR) is 109 cm³/mol. The number of guanidine groups is 1. The van der Waals surface area contributed by atoms with Crippen LogP contribution in [0.2, 0.25) is 0 Å². The lowest BCUT2D eigenvalue weighted by Crippen LogP contribution is -2.44. The number of benzene rings is 1. The number of ether oxygens (including phenoxy) is 1. The lowest BCUT2D eigenvalue weighted by molar-refractivity contribution is 0.153. The second kappa shape index (κ2) is 10.2. The topological polar surface area (TPSA) is 36.9 Å². The third kappa shape index (κ3) is 5.73. The molecule has 0 bridgehead atoms. The van der Waals surface area contributed by atoms with Crippen molar-refractivity contribution in [1.82, 2.24) is 10.2 Å². The predicted octanol–water partition coefficient (Wildman–Crippen LogP) is 3.87. The molecule has 26 heavy (non-hydrogen) atoms. The Morgan fingerprint density at radius 1 is 1.19 bits per heavy atom. The number of likely N-dealkylation sites (tertiary alicyclic amines) is 1. The van der Waals surface area contributed by atoms with E-state index in [0.29, 0.717) is 0 Å². The molecule has 0 saturated carbocycles. The average Bonchev–Trinajstić information content (AvgIpc) is 2.70. The summed E-state index contributed by atoms with van der Waals surface area (Å²) in [7, 11) is 0. The molecule has 140 valence electrons. The summed E-state index contributed by atoms with van der Waals surface area (Å²) < 4.78 is 5.38. The minimum absolute atomic E-state index is 0.766. The zero-order chi connectivity index (χ0) is 18.0. The molecule has 0 atom stereocenters. The summed E-state index contributed by atoms with van der Waals surface area (Å²) in [6, 6.07) is 10.6. The quantitative estimate of drug-likeness (QED) is 0.496. The van der Waals surface area contributed by atoms with Crippen molar-refractivity contribution >= 4 is 12.0 Å². The van der Waals surface area contributed by atoms with Crippen molar-refractivity contribution in [2.75, 3.05) is 39.4 Å². The van der Waals surface area contributed by atoms with Gasteiger partial charge in [0.1, 0.15) is 0 Å². The van der Waals surface area contributed by atoms with Crippen molar-refractivity contribution in [3.63, 3.8) is 0 Å². The van der Waals surface area contributed by atoms with E-state index in [9.17, 15) is 0 Å². The first-order valence-electron chi connectivity index (χ1n) is 9.88. The summed E-state index contributed by atoms with van der Waals surface area (Å²) in [4.78, 5) is 7.28. The van der Waals surface area contributed by atoms with Crippen LogP contribution >= 0.6 is 0 Å². The summed E-state index contributed by atoms with van der Waals surface area (Å²) in [5.74, 6) is 1.07. The van der Waals surface area contributed by atoms with E-state index in [1.165, 1.54) is 16.7 Å². The number of piperidine rings is 1. The molecule has 0 radical (unpaired) electrons. The molecule has 4 heteroatoms. The van der Waals surface area contributed by atoms with Gasteiger partial charge in [0, 0.05) is 26.2 Å². The van der Waals surface area contributed by atoms with E-state index in [2.05, 4.69) is 59.6 Å². The molecule has 2 aliphatic heterocycles. The van der Waals surface area contributed by atoms with Gasteiger partial charge in [0.25, 0.3) is 0 Å². The van der Waals surface area contributed by atoms with Crippen LogP contribution in [0.4, 0.5) is 0 Å². The largest absolute Gasteiger partial charge is 0.377 e. The summed E-state index contributed by atoms with van der Waals surface area (Å²) in [6.07, 6.45) is 8.89. The Balaban J connectivity index is 1.53. The highest BCUT2D eigenvalue weighted by Gasteiger charge is 2.17. The average molecular weight is 354 g/mol. The SMILES string of the molecule is CCNC(=NCCC1=CCOCC1)N1CCC(=Cc2ccccc2)CC1. The zero-order valence-electron chi connectivity index (χ0n) is 15.9. The highest BCUT2D eigenvalue weighted by atomic mass is 16.5. The third-order valence-corrected chi connectivity index (χ3v) is 4.96. The van der Waals surface area contributed by atoms with Gasteiger partial charge in [0.15, 0.2) is 5.96 Å². The number of nitrogens with one attached hydrogen (secondary N) is 1. The highest BCUT2D eigenvalue weighted by Crippen LogP contribution is 2.19. The highest BCUT2D eigenvalue weighted by molar-refractivity contribution is 5.80. The molecule has 1 aromatic rings. The molecular weight excluding hydrogens is 322 g/mol. The van der Waals surface area contributed by atoms with Gasteiger partial charge in [0.05, 0.1) is 13.2 Å². The molecule has 4 nitrogen and oxygen atoms in total. The Morgan fingerprint density at radius 2 is 2.00 bits per heavy atom. The molecule has 0 amide bonds. The fourth-order valence-corrected chi connectivity index (χ4v) is 3.46.